The molecule has 1 aromatic carbocycles. The van der Waals surface area contributed by atoms with Gasteiger partial charge in [0, 0.05) is 19.1 Å². The second kappa shape index (κ2) is 6.63. The summed E-state index contributed by atoms with van der Waals surface area (Å²) in [6, 6.07) is 13.1. The molecule has 1 atom stereocenters. The number of urea groups is 1. The quantitative estimate of drug-likeness (QED) is 0.930. The first-order chi connectivity index (χ1) is 12.2. The fourth-order valence-electron chi connectivity index (χ4n) is 3.27. The number of piperazine rings is 1. The molecule has 6 nitrogen and oxygen atoms in total. The summed E-state index contributed by atoms with van der Waals surface area (Å²) in [5.41, 5.74) is 0.939. The van der Waals surface area contributed by atoms with Gasteiger partial charge in [0.05, 0.1) is 6.26 Å². The van der Waals surface area contributed by atoms with Crippen molar-refractivity contribution in [2.24, 2.45) is 0 Å². The lowest BCUT2D eigenvalue weighted by Gasteiger charge is -2.35. The maximum atomic E-state index is 12.7. The van der Waals surface area contributed by atoms with Gasteiger partial charge in [0.1, 0.15) is 18.3 Å². The Hall–Kier alpha value is -2.76. The maximum Gasteiger partial charge on any atom is 0.318 e. The number of benzene rings is 1. The monoisotopic (exact) mass is 339 g/mol. The van der Waals surface area contributed by atoms with E-state index in [4.69, 9.17) is 4.42 Å². The number of hydrogen-bond acceptors (Lipinski definition) is 3. The van der Waals surface area contributed by atoms with Gasteiger partial charge in [-0.1, -0.05) is 30.3 Å². The van der Waals surface area contributed by atoms with Crippen LogP contribution in [0.3, 0.4) is 0 Å². The molecule has 0 spiro atoms. The molecule has 2 aromatic rings. The van der Waals surface area contributed by atoms with Gasteiger partial charge in [0.15, 0.2) is 0 Å². The maximum absolute atomic E-state index is 12.7. The first-order valence-corrected chi connectivity index (χ1v) is 8.65. The van der Waals surface area contributed by atoms with Gasteiger partial charge in [-0.15, -0.1) is 0 Å². The zero-order chi connectivity index (χ0) is 17.2. The highest BCUT2D eigenvalue weighted by molar-refractivity contribution is 5.86. The molecule has 1 N–H and O–H groups in total. The van der Waals surface area contributed by atoms with Crippen molar-refractivity contribution in [2.45, 2.75) is 24.9 Å². The van der Waals surface area contributed by atoms with Crippen molar-refractivity contribution in [3.8, 4) is 0 Å². The topological polar surface area (TPSA) is 65.8 Å². The van der Waals surface area contributed by atoms with E-state index in [1.165, 1.54) is 0 Å². The summed E-state index contributed by atoms with van der Waals surface area (Å²) in [5.74, 6) is 0.709. The number of amides is 3. The Bertz CT molecular complexity index is 741. The Morgan fingerprint density at radius 3 is 2.56 bits per heavy atom. The standard InChI is InChI=1S/C19H21N3O3/c23-17-13-21(10-11-22(17)15-8-9-15)19(24)20-18(16-7-4-12-25-16)14-5-2-1-3-6-14/h1-7,12,15,18H,8-11,13H2,(H,20,24)/t18-/m1/s1. The summed E-state index contributed by atoms with van der Waals surface area (Å²) in [4.78, 5) is 28.5. The third kappa shape index (κ3) is 3.38. The van der Waals surface area contributed by atoms with Crippen LogP contribution in [0.25, 0.3) is 0 Å². The van der Waals surface area contributed by atoms with Crippen molar-refractivity contribution in [2.75, 3.05) is 19.6 Å². The second-order valence-electron chi connectivity index (χ2n) is 6.55. The van der Waals surface area contributed by atoms with E-state index >= 15 is 0 Å². The van der Waals surface area contributed by atoms with E-state index in [0.29, 0.717) is 24.9 Å². The molecule has 2 heterocycles. The van der Waals surface area contributed by atoms with E-state index in [2.05, 4.69) is 5.32 Å². The highest BCUT2D eigenvalue weighted by Gasteiger charge is 2.37. The molecule has 130 valence electrons. The van der Waals surface area contributed by atoms with Crippen molar-refractivity contribution in [3.63, 3.8) is 0 Å². The van der Waals surface area contributed by atoms with Crippen LogP contribution in [0, 0.1) is 0 Å². The van der Waals surface area contributed by atoms with Gasteiger partial charge in [-0.3, -0.25) is 4.79 Å². The van der Waals surface area contributed by atoms with Gasteiger partial charge < -0.3 is 19.5 Å². The zero-order valence-corrected chi connectivity index (χ0v) is 13.9. The Kier molecular flexibility index (Phi) is 4.17. The van der Waals surface area contributed by atoms with Crippen molar-refractivity contribution in [3.05, 3.63) is 60.1 Å². The van der Waals surface area contributed by atoms with Gasteiger partial charge in [0.25, 0.3) is 0 Å². The predicted octanol–water partition coefficient (Wildman–Crippen LogP) is 2.39. The van der Waals surface area contributed by atoms with Gasteiger partial charge in [0.2, 0.25) is 5.91 Å². The Balaban J connectivity index is 1.47. The summed E-state index contributed by atoms with van der Waals surface area (Å²) in [5, 5.41) is 3.01. The van der Waals surface area contributed by atoms with Gasteiger partial charge in [-0.2, -0.15) is 0 Å². The molecule has 2 fully saturated rings. The SMILES string of the molecule is O=C(N[C@H](c1ccccc1)c1ccco1)N1CCN(C2CC2)C(=O)C1. The number of nitrogens with zero attached hydrogens (tertiary/aromatic N) is 2. The van der Waals surface area contributed by atoms with Crippen LogP contribution >= 0.6 is 0 Å². The summed E-state index contributed by atoms with van der Waals surface area (Å²) in [6.07, 6.45) is 3.77. The minimum atomic E-state index is -0.375. The molecule has 4 rings (SSSR count). The van der Waals surface area contributed by atoms with Gasteiger partial charge >= 0.3 is 6.03 Å². The molecule has 6 heteroatoms. The number of nitrogens with one attached hydrogen (secondary N) is 1. The summed E-state index contributed by atoms with van der Waals surface area (Å²) < 4.78 is 5.51. The lowest BCUT2D eigenvalue weighted by atomic mass is 10.0. The lowest BCUT2D eigenvalue weighted by Crippen LogP contribution is -2.55. The van der Waals surface area contributed by atoms with Crippen LogP contribution in [0.1, 0.15) is 30.2 Å². The highest BCUT2D eigenvalue weighted by atomic mass is 16.3. The first kappa shape index (κ1) is 15.7. The van der Waals surface area contributed by atoms with E-state index in [1.807, 2.05) is 41.3 Å². The smallest absolute Gasteiger partial charge is 0.318 e. The Labute approximate surface area is 146 Å². The van der Waals surface area contributed by atoms with Crippen LogP contribution in [-0.4, -0.2) is 47.4 Å². The molecule has 0 unspecified atom stereocenters. The summed E-state index contributed by atoms with van der Waals surface area (Å²) >= 11 is 0. The van der Waals surface area contributed by atoms with E-state index in [1.54, 1.807) is 17.2 Å². The molecule has 0 radical (unpaired) electrons. The fourth-order valence-corrected chi connectivity index (χ4v) is 3.27. The molecule has 1 aromatic heterocycles. The van der Waals surface area contributed by atoms with E-state index < -0.39 is 0 Å². The molecular weight excluding hydrogens is 318 g/mol. The number of rotatable bonds is 4. The number of furan rings is 1. The van der Waals surface area contributed by atoms with Crippen molar-refractivity contribution in [1.82, 2.24) is 15.1 Å². The van der Waals surface area contributed by atoms with Crippen LogP contribution in [0.4, 0.5) is 4.79 Å². The van der Waals surface area contributed by atoms with Crippen molar-refractivity contribution < 1.29 is 14.0 Å². The largest absolute Gasteiger partial charge is 0.467 e. The Morgan fingerprint density at radius 1 is 1.12 bits per heavy atom. The second-order valence-corrected chi connectivity index (χ2v) is 6.55. The zero-order valence-electron chi connectivity index (χ0n) is 13.9. The van der Waals surface area contributed by atoms with Crippen LogP contribution in [0.5, 0.6) is 0 Å². The van der Waals surface area contributed by atoms with Crippen LogP contribution in [-0.2, 0) is 4.79 Å². The molecule has 3 amide bonds. The predicted molar refractivity (Wildman–Crippen MR) is 91.8 cm³/mol. The number of carbonyl (C=O) groups excluding carboxylic acids is 2. The molecule has 1 aliphatic heterocycles. The summed E-state index contributed by atoms with van der Waals surface area (Å²) in [7, 11) is 0. The third-order valence-electron chi connectivity index (χ3n) is 4.76. The third-order valence-corrected chi connectivity index (χ3v) is 4.76. The molecule has 0 bridgehead atoms. The van der Waals surface area contributed by atoms with E-state index in [9.17, 15) is 9.59 Å². The first-order valence-electron chi connectivity index (χ1n) is 8.65. The Morgan fingerprint density at radius 2 is 1.92 bits per heavy atom. The number of carbonyl (C=O) groups is 2. The average Bonchev–Trinajstić information content (AvgIpc) is 3.34. The molecule has 2 aliphatic rings. The van der Waals surface area contributed by atoms with Crippen LogP contribution in [0.2, 0.25) is 0 Å². The molecule has 1 aliphatic carbocycles. The van der Waals surface area contributed by atoms with E-state index in [-0.39, 0.29) is 24.5 Å². The highest BCUT2D eigenvalue weighted by Crippen LogP contribution is 2.28. The average molecular weight is 339 g/mol. The summed E-state index contributed by atoms with van der Waals surface area (Å²) in [6.45, 7) is 1.32. The van der Waals surface area contributed by atoms with Crippen LogP contribution < -0.4 is 5.32 Å². The van der Waals surface area contributed by atoms with Crippen molar-refractivity contribution >= 4 is 11.9 Å². The molecular formula is C19H21N3O3. The van der Waals surface area contributed by atoms with E-state index in [0.717, 1.165) is 18.4 Å². The lowest BCUT2D eigenvalue weighted by molar-refractivity contribution is -0.135. The van der Waals surface area contributed by atoms with Crippen molar-refractivity contribution in [1.29, 1.82) is 0 Å². The number of hydrogen-bond donors (Lipinski definition) is 1. The molecule has 25 heavy (non-hydrogen) atoms. The minimum Gasteiger partial charge on any atom is -0.467 e. The molecule has 1 saturated heterocycles. The minimum absolute atomic E-state index is 0.0400. The fraction of sp³-hybridized carbons (Fsp3) is 0.368. The van der Waals surface area contributed by atoms with Gasteiger partial charge in [-0.25, -0.2) is 4.79 Å². The normalized spacial score (nSPS) is 19.0. The van der Waals surface area contributed by atoms with Crippen LogP contribution in [0.15, 0.2) is 53.1 Å². The van der Waals surface area contributed by atoms with Gasteiger partial charge in [-0.05, 0) is 30.5 Å². The molecule has 1 saturated carbocycles.